The Bertz CT molecular complexity index is 469. The normalized spacial score (nSPS) is 19.4. The van der Waals surface area contributed by atoms with Gasteiger partial charge in [-0.2, -0.15) is 0 Å². The van der Waals surface area contributed by atoms with E-state index in [2.05, 4.69) is 6.92 Å². The van der Waals surface area contributed by atoms with Crippen LogP contribution in [0.15, 0.2) is 0 Å². The van der Waals surface area contributed by atoms with E-state index in [1.54, 1.807) is 0 Å². The Hall–Kier alpha value is -0.680. The molecule has 0 bridgehead atoms. The average Bonchev–Trinajstić information content (AvgIpc) is 2.45. The van der Waals surface area contributed by atoms with Crippen molar-refractivity contribution in [2.24, 2.45) is 0 Å². The molecule has 0 saturated heterocycles. The van der Waals surface area contributed by atoms with E-state index in [1.165, 1.54) is 23.2 Å². The average molecular weight is 258 g/mol. The molecule has 0 spiro atoms. The molecule has 0 aromatic heterocycles. The second-order valence-corrected chi connectivity index (χ2v) is 5.98. The van der Waals surface area contributed by atoms with Crippen LogP contribution in [0.1, 0.15) is 22.3 Å². The van der Waals surface area contributed by atoms with Crippen molar-refractivity contribution in [1.82, 2.24) is 0 Å². The van der Waals surface area contributed by atoms with Crippen LogP contribution in [-0.4, -0.2) is 9.29 Å². The summed E-state index contributed by atoms with van der Waals surface area (Å²) in [4.78, 5) is 0. The Labute approximate surface area is 102 Å². The molecule has 0 saturated carbocycles. The number of fused-ring (bicyclic) bond motifs is 1. The summed E-state index contributed by atoms with van der Waals surface area (Å²) in [6, 6.07) is 0. The summed E-state index contributed by atoms with van der Waals surface area (Å²) in [5.41, 5.74) is 4.44. The van der Waals surface area contributed by atoms with Gasteiger partial charge in [-0.15, -0.1) is 0 Å². The maximum absolute atomic E-state index is 11.5. The first kappa shape index (κ1) is 11.8. The first-order valence-corrected chi connectivity index (χ1v) is 7.14. The Morgan fingerprint density at radius 1 is 1.00 bits per heavy atom. The van der Waals surface area contributed by atoms with Gasteiger partial charge in [-0.1, -0.05) is 0 Å². The van der Waals surface area contributed by atoms with Crippen molar-refractivity contribution >= 4 is 23.1 Å². The molecule has 1 unspecified atom stereocenters. The number of hydrogen-bond donors (Lipinski definition) is 0. The fourth-order valence-electron chi connectivity index (χ4n) is 1.68. The van der Waals surface area contributed by atoms with Gasteiger partial charge in [0.2, 0.25) is 11.1 Å². The quantitative estimate of drug-likeness (QED) is 0.670. The van der Waals surface area contributed by atoms with Gasteiger partial charge in [0.15, 0.2) is 11.5 Å². The van der Waals surface area contributed by atoms with Crippen molar-refractivity contribution in [3.8, 4) is 11.5 Å². The highest BCUT2D eigenvalue weighted by Crippen LogP contribution is 2.42. The second-order valence-electron chi connectivity index (χ2n) is 3.86. The molecule has 1 aromatic rings. The van der Waals surface area contributed by atoms with E-state index in [1.807, 2.05) is 20.8 Å². The molecule has 1 aromatic carbocycles. The first-order valence-electron chi connectivity index (χ1n) is 4.99. The minimum atomic E-state index is -1.31. The highest BCUT2D eigenvalue weighted by atomic mass is 32.2. The fourth-order valence-corrected chi connectivity index (χ4v) is 3.09. The highest BCUT2D eigenvalue weighted by Gasteiger charge is 2.23. The lowest BCUT2D eigenvalue weighted by molar-refractivity contribution is 0.536. The van der Waals surface area contributed by atoms with E-state index < -0.39 is 11.1 Å². The molecule has 5 heteroatoms. The van der Waals surface area contributed by atoms with E-state index in [0.717, 1.165) is 16.9 Å². The van der Waals surface area contributed by atoms with Crippen molar-refractivity contribution in [2.45, 2.75) is 27.7 Å². The van der Waals surface area contributed by atoms with Gasteiger partial charge < -0.3 is 8.37 Å². The van der Waals surface area contributed by atoms with Crippen LogP contribution in [0.25, 0.3) is 0 Å². The molecule has 3 nitrogen and oxygen atoms in total. The van der Waals surface area contributed by atoms with Gasteiger partial charge in [-0.05, 0) is 49.9 Å². The van der Waals surface area contributed by atoms with E-state index in [0.29, 0.717) is 10.8 Å². The molecule has 88 valence electrons. The minimum Gasteiger partial charge on any atom is -0.420 e. The molecule has 2 rings (SSSR count). The molecule has 1 heterocycles. The lowest BCUT2D eigenvalue weighted by Crippen LogP contribution is -2.03. The van der Waals surface area contributed by atoms with Crippen molar-refractivity contribution in [2.75, 3.05) is 5.08 Å². The predicted molar refractivity (Wildman–Crippen MR) is 67.2 cm³/mol. The molecule has 1 aliphatic heterocycles. The SMILES string of the molecule is Cc1c(C)c(C)c2c(c1C)OSCS(=O)O2. The van der Waals surface area contributed by atoms with Crippen molar-refractivity contribution in [3.05, 3.63) is 22.3 Å². The molecule has 1 aliphatic rings. The van der Waals surface area contributed by atoms with Crippen LogP contribution >= 0.6 is 12.0 Å². The van der Waals surface area contributed by atoms with Crippen molar-refractivity contribution < 1.29 is 12.6 Å². The monoisotopic (exact) mass is 258 g/mol. The topological polar surface area (TPSA) is 35.5 Å². The van der Waals surface area contributed by atoms with Gasteiger partial charge in [0.25, 0.3) is 0 Å². The Morgan fingerprint density at radius 3 is 2.19 bits per heavy atom. The standard InChI is InChI=1S/C11H14O3S2/c1-6-7(2)9(4)11-10(8(6)3)13-15-5-16(12)14-11/h5H2,1-4H3. The number of hydrogen-bond acceptors (Lipinski definition) is 4. The lowest BCUT2D eigenvalue weighted by atomic mass is 9.98. The molecule has 0 N–H and O–H groups in total. The Balaban J connectivity index is 2.68. The highest BCUT2D eigenvalue weighted by molar-refractivity contribution is 8.06. The van der Waals surface area contributed by atoms with Gasteiger partial charge in [0, 0.05) is 0 Å². The maximum Gasteiger partial charge on any atom is 0.220 e. The van der Waals surface area contributed by atoms with E-state index in [9.17, 15) is 4.21 Å². The summed E-state index contributed by atoms with van der Waals surface area (Å²) < 4.78 is 22.5. The Morgan fingerprint density at radius 2 is 1.56 bits per heavy atom. The van der Waals surface area contributed by atoms with Crippen molar-refractivity contribution in [3.63, 3.8) is 0 Å². The van der Waals surface area contributed by atoms with E-state index >= 15 is 0 Å². The molecule has 0 radical (unpaired) electrons. The van der Waals surface area contributed by atoms with Gasteiger partial charge in [-0.3, -0.25) is 0 Å². The molecule has 0 fully saturated rings. The summed E-state index contributed by atoms with van der Waals surface area (Å²) in [5, 5.41) is 0.339. The molecule has 16 heavy (non-hydrogen) atoms. The number of rotatable bonds is 0. The van der Waals surface area contributed by atoms with Gasteiger partial charge in [0.1, 0.15) is 5.08 Å². The zero-order valence-electron chi connectivity index (χ0n) is 9.75. The largest absolute Gasteiger partial charge is 0.420 e. The minimum absolute atomic E-state index is 0.339. The van der Waals surface area contributed by atoms with Gasteiger partial charge in [0.05, 0.1) is 12.0 Å². The van der Waals surface area contributed by atoms with Crippen LogP contribution in [0.5, 0.6) is 11.5 Å². The summed E-state index contributed by atoms with van der Waals surface area (Å²) in [7, 11) is 0. The lowest BCUT2D eigenvalue weighted by Gasteiger charge is -2.16. The summed E-state index contributed by atoms with van der Waals surface area (Å²) in [6.07, 6.45) is 0. The zero-order valence-corrected chi connectivity index (χ0v) is 11.4. The molecule has 1 atom stereocenters. The third kappa shape index (κ3) is 1.82. The van der Waals surface area contributed by atoms with Crippen LogP contribution in [0.2, 0.25) is 0 Å². The fraction of sp³-hybridized carbons (Fsp3) is 0.455. The van der Waals surface area contributed by atoms with Crippen LogP contribution in [0.4, 0.5) is 0 Å². The third-order valence-corrected chi connectivity index (χ3v) is 4.83. The zero-order chi connectivity index (χ0) is 11.9. The Kier molecular flexibility index (Phi) is 3.17. The van der Waals surface area contributed by atoms with Crippen LogP contribution in [0, 0.1) is 27.7 Å². The van der Waals surface area contributed by atoms with Crippen LogP contribution < -0.4 is 8.37 Å². The molecular weight excluding hydrogens is 244 g/mol. The van der Waals surface area contributed by atoms with Crippen molar-refractivity contribution in [1.29, 1.82) is 0 Å². The van der Waals surface area contributed by atoms with Crippen LogP contribution in [0.3, 0.4) is 0 Å². The van der Waals surface area contributed by atoms with Gasteiger partial charge >= 0.3 is 0 Å². The van der Waals surface area contributed by atoms with Crippen LogP contribution in [-0.2, 0) is 11.1 Å². The van der Waals surface area contributed by atoms with E-state index in [4.69, 9.17) is 8.37 Å². The maximum atomic E-state index is 11.5. The third-order valence-electron chi connectivity index (χ3n) is 3.04. The first-order chi connectivity index (χ1) is 7.52. The number of benzene rings is 1. The van der Waals surface area contributed by atoms with Gasteiger partial charge in [-0.25, -0.2) is 4.21 Å². The molecular formula is C11H14O3S2. The molecule has 0 amide bonds. The predicted octanol–water partition coefficient (Wildman–Crippen LogP) is 2.96. The summed E-state index contributed by atoms with van der Waals surface area (Å²) in [5.74, 6) is 1.35. The second kappa shape index (κ2) is 4.30. The summed E-state index contributed by atoms with van der Waals surface area (Å²) in [6.45, 7) is 8.08. The molecule has 0 aliphatic carbocycles. The summed E-state index contributed by atoms with van der Waals surface area (Å²) >= 11 is -0.136. The smallest absolute Gasteiger partial charge is 0.220 e. The van der Waals surface area contributed by atoms with E-state index in [-0.39, 0.29) is 0 Å².